The van der Waals surface area contributed by atoms with Crippen molar-refractivity contribution in [2.45, 2.75) is 0 Å². The number of nitro groups is 1. The van der Waals surface area contributed by atoms with Crippen LogP contribution in [0.1, 0.15) is 15.9 Å². The number of hydrogen-bond acceptors (Lipinski definition) is 9. The van der Waals surface area contributed by atoms with E-state index < -0.39 is 10.8 Å². The highest BCUT2D eigenvalue weighted by Gasteiger charge is 2.19. The molecular formula is C22H27N5O6. The summed E-state index contributed by atoms with van der Waals surface area (Å²) in [7, 11) is 6.44. The molecule has 1 amide bonds. The van der Waals surface area contributed by atoms with Crippen molar-refractivity contribution in [2.24, 2.45) is 5.10 Å². The summed E-state index contributed by atoms with van der Waals surface area (Å²) in [5.41, 5.74) is 4.01. The van der Waals surface area contributed by atoms with E-state index in [1.165, 1.54) is 51.8 Å². The number of benzene rings is 2. The molecule has 1 heterocycles. The molecule has 2 aromatic carbocycles. The third kappa shape index (κ3) is 5.50. The van der Waals surface area contributed by atoms with Crippen LogP contribution >= 0.6 is 0 Å². The van der Waals surface area contributed by atoms with Crippen molar-refractivity contribution in [3.05, 3.63) is 51.6 Å². The summed E-state index contributed by atoms with van der Waals surface area (Å²) in [4.78, 5) is 27.8. The lowest BCUT2D eigenvalue weighted by molar-refractivity contribution is -0.384. The molecule has 0 atom stereocenters. The van der Waals surface area contributed by atoms with E-state index in [0.29, 0.717) is 22.8 Å². The molecule has 0 aliphatic carbocycles. The van der Waals surface area contributed by atoms with Crippen molar-refractivity contribution in [1.29, 1.82) is 0 Å². The Morgan fingerprint density at radius 2 is 1.70 bits per heavy atom. The van der Waals surface area contributed by atoms with Crippen LogP contribution in [0.3, 0.4) is 0 Å². The maximum Gasteiger partial charge on any atom is 0.271 e. The molecule has 0 radical (unpaired) electrons. The number of amides is 1. The van der Waals surface area contributed by atoms with Gasteiger partial charge in [0.15, 0.2) is 11.5 Å². The number of anilines is 1. The van der Waals surface area contributed by atoms with Gasteiger partial charge in [0.1, 0.15) is 0 Å². The SMILES string of the molecule is COc1cc(C(=O)N/N=C\c2cc([N+](=O)[O-])ccc2N2CCN(C)CC2)cc(OC)c1OC. The summed E-state index contributed by atoms with van der Waals surface area (Å²) >= 11 is 0. The van der Waals surface area contributed by atoms with E-state index in [4.69, 9.17) is 14.2 Å². The van der Waals surface area contributed by atoms with E-state index in [-0.39, 0.29) is 11.3 Å². The number of methoxy groups -OCH3 is 3. The van der Waals surface area contributed by atoms with Crippen molar-refractivity contribution < 1.29 is 23.9 Å². The van der Waals surface area contributed by atoms with Crippen LogP contribution in [0, 0.1) is 10.1 Å². The highest BCUT2D eigenvalue weighted by Crippen LogP contribution is 2.38. The maximum absolute atomic E-state index is 12.7. The van der Waals surface area contributed by atoms with Gasteiger partial charge in [-0.3, -0.25) is 14.9 Å². The molecule has 2 aromatic rings. The molecule has 0 aromatic heterocycles. The van der Waals surface area contributed by atoms with Gasteiger partial charge in [-0.05, 0) is 25.2 Å². The fraction of sp³-hybridized carbons (Fsp3) is 0.364. The standard InChI is InChI=1S/C22H27N5O6/c1-25-7-9-26(10-8-25)18-6-5-17(27(29)30)11-16(18)14-23-24-22(28)15-12-19(31-2)21(33-4)20(13-15)32-3/h5-6,11-14H,7-10H2,1-4H3,(H,24,28)/b23-14-. The van der Waals surface area contributed by atoms with Gasteiger partial charge in [-0.1, -0.05) is 0 Å². The van der Waals surface area contributed by atoms with Gasteiger partial charge in [-0.15, -0.1) is 0 Å². The fourth-order valence-corrected chi connectivity index (χ4v) is 3.53. The third-order valence-electron chi connectivity index (χ3n) is 5.36. The summed E-state index contributed by atoms with van der Waals surface area (Å²) in [6.45, 7) is 3.33. The minimum absolute atomic E-state index is 0.0507. The van der Waals surface area contributed by atoms with Crippen molar-refractivity contribution in [2.75, 3.05) is 59.5 Å². The fourth-order valence-electron chi connectivity index (χ4n) is 3.53. The lowest BCUT2D eigenvalue weighted by atomic mass is 10.1. The summed E-state index contributed by atoms with van der Waals surface area (Å²) in [6, 6.07) is 7.65. The summed E-state index contributed by atoms with van der Waals surface area (Å²) in [5.74, 6) is 0.537. The van der Waals surface area contributed by atoms with Crippen LogP contribution in [0.2, 0.25) is 0 Å². The molecule has 1 aliphatic rings. The Labute approximate surface area is 191 Å². The van der Waals surface area contributed by atoms with Gasteiger partial charge in [-0.25, -0.2) is 5.43 Å². The Balaban J connectivity index is 1.83. The highest BCUT2D eigenvalue weighted by molar-refractivity contribution is 5.97. The predicted molar refractivity (Wildman–Crippen MR) is 124 cm³/mol. The maximum atomic E-state index is 12.7. The Kier molecular flexibility index (Phi) is 7.67. The Bertz CT molecular complexity index is 1020. The first kappa shape index (κ1) is 23.8. The monoisotopic (exact) mass is 457 g/mol. The molecule has 1 aliphatic heterocycles. The number of likely N-dealkylation sites (N-methyl/N-ethyl adjacent to an activating group) is 1. The van der Waals surface area contributed by atoms with E-state index in [1.54, 1.807) is 6.07 Å². The lowest BCUT2D eigenvalue weighted by Crippen LogP contribution is -2.44. The quantitative estimate of drug-likeness (QED) is 0.364. The molecule has 0 saturated carbocycles. The van der Waals surface area contributed by atoms with Crippen molar-refractivity contribution >= 4 is 23.5 Å². The second kappa shape index (κ2) is 10.6. The van der Waals surface area contributed by atoms with Crippen molar-refractivity contribution in [1.82, 2.24) is 10.3 Å². The number of nitrogens with one attached hydrogen (secondary N) is 1. The minimum atomic E-state index is -0.503. The zero-order valence-corrected chi connectivity index (χ0v) is 19.0. The van der Waals surface area contributed by atoms with E-state index in [1.807, 2.05) is 7.05 Å². The predicted octanol–water partition coefficient (Wildman–Crippen LogP) is 2.14. The number of ether oxygens (including phenoxy) is 3. The van der Waals surface area contributed by atoms with Gasteiger partial charge < -0.3 is 24.0 Å². The first-order valence-electron chi connectivity index (χ1n) is 10.2. The second-order valence-corrected chi connectivity index (χ2v) is 7.40. The number of carbonyl (C=O) groups excluding carboxylic acids is 1. The molecule has 176 valence electrons. The summed E-state index contributed by atoms with van der Waals surface area (Å²) < 4.78 is 15.8. The average Bonchev–Trinajstić information content (AvgIpc) is 2.83. The largest absolute Gasteiger partial charge is 0.493 e. The molecule has 0 spiro atoms. The smallest absolute Gasteiger partial charge is 0.271 e. The van der Waals surface area contributed by atoms with Crippen LogP contribution in [-0.2, 0) is 0 Å². The molecule has 0 unspecified atom stereocenters. The van der Waals surface area contributed by atoms with Crippen LogP contribution in [0.15, 0.2) is 35.4 Å². The number of piperazine rings is 1. The zero-order chi connectivity index (χ0) is 24.0. The average molecular weight is 457 g/mol. The van der Waals surface area contributed by atoms with E-state index >= 15 is 0 Å². The first-order valence-corrected chi connectivity index (χ1v) is 10.2. The van der Waals surface area contributed by atoms with Crippen LogP contribution < -0.4 is 24.5 Å². The number of non-ortho nitro benzene ring substituents is 1. The van der Waals surface area contributed by atoms with Crippen LogP contribution in [0.4, 0.5) is 11.4 Å². The molecule has 0 bridgehead atoms. The van der Waals surface area contributed by atoms with Crippen LogP contribution in [0.5, 0.6) is 17.2 Å². The Morgan fingerprint density at radius 3 is 2.24 bits per heavy atom. The highest BCUT2D eigenvalue weighted by atomic mass is 16.6. The molecule has 11 nitrogen and oxygen atoms in total. The second-order valence-electron chi connectivity index (χ2n) is 7.40. The van der Waals surface area contributed by atoms with Gasteiger partial charge in [0.25, 0.3) is 11.6 Å². The number of rotatable bonds is 8. The molecule has 33 heavy (non-hydrogen) atoms. The number of nitro benzene ring substituents is 1. The zero-order valence-electron chi connectivity index (χ0n) is 19.0. The summed E-state index contributed by atoms with van der Waals surface area (Å²) in [6.07, 6.45) is 1.41. The Morgan fingerprint density at radius 1 is 1.06 bits per heavy atom. The minimum Gasteiger partial charge on any atom is -0.493 e. The number of hydrazone groups is 1. The van der Waals surface area contributed by atoms with Gasteiger partial charge in [0.05, 0.1) is 32.5 Å². The number of carbonyl (C=O) groups is 1. The van der Waals surface area contributed by atoms with E-state index in [9.17, 15) is 14.9 Å². The van der Waals surface area contributed by atoms with Gasteiger partial charge in [0, 0.05) is 55.1 Å². The normalized spacial score (nSPS) is 14.2. The van der Waals surface area contributed by atoms with Crippen LogP contribution in [0.25, 0.3) is 0 Å². The first-order chi connectivity index (χ1) is 15.9. The lowest BCUT2D eigenvalue weighted by Gasteiger charge is -2.34. The van der Waals surface area contributed by atoms with Crippen LogP contribution in [-0.4, -0.2) is 76.5 Å². The topological polar surface area (TPSA) is 119 Å². The summed E-state index contributed by atoms with van der Waals surface area (Å²) in [5, 5.41) is 15.3. The molecular weight excluding hydrogens is 430 g/mol. The molecule has 11 heteroatoms. The van der Waals surface area contributed by atoms with Gasteiger partial charge in [-0.2, -0.15) is 5.10 Å². The molecule has 3 rings (SSSR count). The van der Waals surface area contributed by atoms with Crippen molar-refractivity contribution in [3.8, 4) is 17.2 Å². The van der Waals surface area contributed by atoms with Gasteiger partial charge in [0.2, 0.25) is 5.75 Å². The number of nitrogens with zero attached hydrogens (tertiary/aromatic N) is 4. The Hall–Kier alpha value is -3.86. The third-order valence-corrected chi connectivity index (χ3v) is 5.36. The van der Waals surface area contributed by atoms with E-state index in [2.05, 4.69) is 20.3 Å². The molecule has 1 N–H and O–H groups in total. The van der Waals surface area contributed by atoms with Gasteiger partial charge >= 0.3 is 0 Å². The molecule has 1 saturated heterocycles. The number of hydrogen-bond donors (Lipinski definition) is 1. The van der Waals surface area contributed by atoms with Crippen molar-refractivity contribution in [3.63, 3.8) is 0 Å². The van der Waals surface area contributed by atoms with E-state index in [0.717, 1.165) is 31.9 Å². The molecule has 1 fully saturated rings.